The van der Waals surface area contributed by atoms with Crippen molar-refractivity contribution in [1.29, 1.82) is 0 Å². The molecule has 0 bridgehead atoms. The quantitative estimate of drug-likeness (QED) is 0.642. The van der Waals surface area contributed by atoms with E-state index in [-0.39, 0.29) is 10.8 Å². The molecule has 134 valence electrons. The first-order valence-electron chi connectivity index (χ1n) is 7.71. The Hall–Kier alpha value is -2.93. The molecule has 0 aliphatic heterocycles. The second kappa shape index (κ2) is 6.76. The van der Waals surface area contributed by atoms with Gasteiger partial charge in [-0.05, 0) is 48.5 Å². The zero-order chi connectivity index (χ0) is 18.9. The number of benzene rings is 2. The molecule has 0 saturated heterocycles. The zero-order valence-corrected chi connectivity index (χ0v) is 15.3. The van der Waals surface area contributed by atoms with E-state index < -0.39 is 9.84 Å². The summed E-state index contributed by atoms with van der Waals surface area (Å²) in [6.07, 6.45) is 1.09. The number of nitrogens with zero attached hydrogens (tertiary/aromatic N) is 1. The van der Waals surface area contributed by atoms with Gasteiger partial charge in [-0.1, -0.05) is 0 Å². The molecule has 0 N–H and O–H groups in total. The van der Waals surface area contributed by atoms with Crippen LogP contribution in [0.5, 0.6) is 11.5 Å². The lowest BCUT2D eigenvalue weighted by atomic mass is 9.98. The second-order valence-electron chi connectivity index (χ2n) is 5.69. The van der Waals surface area contributed by atoms with Gasteiger partial charge in [-0.3, -0.25) is 4.79 Å². The summed E-state index contributed by atoms with van der Waals surface area (Å²) in [7, 11) is -0.416. The minimum Gasteiger partial charge on any atom is -0.497 e. The van der Waals surface area contributed by atoms with E-state index in [1.807, 2.05) is 0 Å². The van der Waals surface area contributed by atoms with Gasteiger partial charge in [-0.15, -0.1) is 0 Å². The second-order valence-corrected chi connectivity index (χ2v) is 7.65. The van der Waals surface area contributed by atoms with Crippen molar-refractivity contribution in [1.82, 2.24) is 4.98 Å². The Labute approximate surface area is 151 Å². The number of pyridine rings is 1. The van der Waals surface area contributed by atoms with Crippen molar-refractivity contribution in [2.24, 2.45) is 0 Å². The molecule has 3 rings (SSSR count). The van der Waals surface area contributed by atoms with Crippen molar-refractivity contribution in [3.63, 3.8) is 0 Å². The largest absolute Gasteiger partial charge is 0.497 e. The Morgan fingerprint density at radius 3 is 2.19 bits per heavy atom. The van der Waals surface area contributed by atoms with Crippen molar-refractivity contribution in [3.05, 3.63) is 59.7 Å². The van der Waals surface area contributed by atoms with Gasteiger partial charge >= 0.3 is 0 Å². The summed E-state index contributed by atoms with van der Waals surface area (Å²) in [5, 5.41) is 0.482. The minimum atomic E-state index is -3.44. The summed E-state index contributed by atoms with van der Waals surface area (Å²) >= 11 is 0. The number of methoxy groups -OCH3 is 2. The maximum Gasteiger partial charge on any atom is 0.197 e. The minimum absolute atomic E-state index is 0.0435. The Morgan fingerprint density at radius 2 is 1.62 bits per heavy atom. The molecule has 0 aliphatic rings. The number of hydrogen-bond acceptors (Lipinski definition) is 6. The van der Waals surface area contributed by atoms with Crippen molar-refractivity contribution in [2.45, 2.75) is 5.03 Å². The highest BCUT2D eigenvalue weighted by atomic mass is 32.2. The van der Waals surface area contributed by atoms with Crippen LogP contribution in [0.1, 0.15) is 15.9 Å². The highest BCUT2D eigenvalue weighted by molar-refractivity contribution is 7.90. The maximum absolute atomic E-state index is 13.1. The first-order valence-corrected chi connectivity index (χ1v) is 9.61. The van der Waals surface area contributed by atoms with Crippen molar-refractivity contribution >= 4 is 26.5 Å². The highest BCUT2D eigenvalue weighted by Crippen LogP contribution is 2.30. The van der Waals surface area contributed by atoms with E-state index in [2.05, 4.69) is 4.98 Å². The molecule has 0 unspecified atom stereocenters. The molecule has 0 aliphatic carbocycles. The topological polar surface area (TPSA) is 82.6 Å². The Morgan fingerprint density at radius 1 is 0.923 bits per heavy atom. The molecule has 0 saturated carbocycles. The van der Waals surface area contributed by atoms with Crippen LogP contribution in [0.3, 0.4) is 0 Å². The molecule has 0 amide bonds. The monoisotopic (exact) mass is 371 g/mol. The third kappa shape index (κ3) is 3.25. The zero-order valence-electron chi connectivity index (χ0n) is 14.5. The summed E-state index contributed by atoms with van der Waals surface area (Å²) in [6.45, 7) is 0. The summed E-state index contributed by atoms with van der Waals surface area (Å²) < 4.78 is 33.9. The summed E-state index contributed by atoms with van der Waals surface area (Å²) in [5.74, 6) is 0.794. The van der Waals surface area contributed by atoms with Gasteiger partial charge in [0.15, 0.2) is 20.6 Å². The number of fused-ring (bicyclic) bond motifs is 1. The predicted molar refractivity (Wildman–Crippen MR) is 97.8 cm³/mol. The number of sulfone groups is 1. The van der Waals surface area contributed by atoms with E-state index in [1.165, 1.54) is 13.2 Å². The predicted octanol–water partition coefficient (Wildman–Crippen LogP) is 2.89. The first kappa shape index (κ1) is 17.9. The lowest BCUT2D eigenvalue weighted by Gasteiger charge is -2.12. The van der Waals surface area contributed by atoms with Gasteiger partial charge in [0.05, 0.1) is 25.3 Å². The number of ether oxygens (including phenoxy) is 2. The standard InChI is InChI=1S/C19H17NO5S/c1-24-13-6-4-12(5-7-13)19(21)18-14-8-11-17(26(3,22)23)20-15(14)9-10-16(18)25-2/h4-11H,1-3H3. The fourth-order valence-corrected chi connectivity index (χ4v) is 3.24. The van der Waals surface area contributed by atoms with E-state index in [1.54, 1.807) is 49.6 Å². The fraction of sp³-hybridized carbons (Fsp3) is 0.158. The van der Waals surface area contributed by atoms with E-state index in [4.69, 9.17) is 9.47 Å². The maximum atomic E-state index is 13.1. The molecular weight excluding hydrogens is 354 g/mol. The lowest BCUT2D eigenvalue weighted by molar-refractivity contribution is 0.103. The number of rotatable bonds is 5. The van der Waals surface area contributed by atoms with Crippen LogP contribution < -0.4 is 9.47 Å². The van der Waals surface area contributed by atoms with Crippen LogP contribution in [0.25, 0.3) is 10.9 Å². The van der Waals surface area contributed by atoms with Crippen LogP contribution in [0.15, 0.2) is 53.6 Å². The van der Waals surface area contributed by atoms with Crippen LogP contribution in [0.4, 0.5) is 0 Å². The first-order chi connectivity index (χ1) is 12.3. The van der Waals surface area contributed by atoms with Crippen LogP contribution in [-0.2, 0) is 9.84 Å². The molecule has 0 fully saturated rings. The third-order valence-corrected chi connectivity index (χ3v) is 4.97. The normalized spacial score (nSPS) is 11.3. The van der Waals surface area contributed by atoms with Crippen LogP contribution in [0, 0.1) is 0 Å². The number of aromatic nitrogens is 1. The van der Waals surface area contributed by atoms with E-state index in [0.29, 0.717) is 33.5 Å². The average molecular weight is 371 g/mol. The number of carbonyl (C=O) groups excluding carboxylic acids is 1. The molecule has 1 aromatic heterocycles. The Balaban J connectivity index is 2.20. The van der Waals surface area contributed by atoms with Gasteiger partial charge in [0.1, 0.15) is 11.5 Å². The van der Waals surface area contributed by atoms with Crippen molar-refractivity contribution in [3.8, 4) is 11.5 Å². The van der Waals surface area contributed by atoms with Gasteiger partial charge < -0.3 is 9.47 Å². The molecule has 1 heterocycles. The van der Waals surface area contributed by atoms with Crippen LogP contribution in [-0.4, -0.2) is 39.7 Å². The highest BCUT2D eigenvalue weighted by Gasteiger charge is 2.20. The number of hydrogen-bond donors (Lipinski definition) is 0. The summed E-state index contributed by atoms with van der Waals surface area (Å²) in [4.78, 5) is 17.2. The van der Waals surface area contributed by atoms with E-state index in [0.717, 1.165) is 6.26 Å². The van der Waals surface area contributed by atoms with E-state index >= 15 is 0 Å². The van der Waals surface area contributed by atoms with Crippen molar-refractivity contribution < 1.29 is 22.7 Å². The molecular formula is C19H17NO5S. The number of ketones is 1. The van der Waals surface area contributed by atoms with Crippen LogP contribution in [0.2, 0.25) is 0 Å². The van der Waals surface area contributed by atoms with Gasteiger partial charge in [-0.25, -0.2) is 13.4 Å². The van der Waals surface area contributed by atoms with Gasteiger partial charge in [-0.2, -0.15) is 0 Å². The van der Waals surface area contributed by atoms with Crippen LogP contribution >= 0.6 is 0 Å². The van der Waals surface area contributed by atoms with Crippen molar-refractivity contribution in [2.75, 3.05) is 20.5 Å². The molecule has 2 aromatic carbocycles. The van der Waals surface area contributed by atoms with Gasteiger partial charge in [0.2, 0.25) is 0 Å². The Bertz CT molecular complexity index is 1090. The molecule has 26 heavy (non-hydrogen) atoms. The molecule has 3 aromatic rings. The molecule has 0 spiro atoms. The fourth-order valence-electron chi connectivity index (χ4n) is 2.66. The molecule has 0 atom stereocenters. The Kier molecular flexibility index (Phi) is 4.65. The summed E-state index contributed by atoms with van der Waals surface area (Å²) in [5.41, 5.74) is 1.21. The van der Waals surface area contributed by atoms with Gasteiger partial charge in [0.25, 0.3) is 0 Å². The third-order valence-electron chi connectivity index (χ3n) is 3.99. The molecule has 0 radical (unpaired) electrons. The lowest BCUT2D eigenvalue weighted by Crippen LogP contribution is -2.07. The SMILES string of the molecule is COc1ccc(C(=O)c2c(OC)ccc3nc(S(C)(=O)=O)ccc23)cc1. The average Bonchev–Trinajstić information content (AvgIpc) is 2.65. The van der Waals surface area contributed by atoms with Gasteiger partial charge in [0, 0.05) is 17.2 Å². The van der Waals surface area contributed by atoms with E-state index in [9.17, 15) is 13.2 Å². The number of carbonyl (C=O) groups is 1. The smallest absolute Gasteiger partial charge is 0.197 e. The molecule has 6 nitrogen and oxygen atoms in total. The summed E-state index contributed by atoms with van der Waals surface area (Å²) in [6, 6.07) is 12.9. The molecule has 7 heteroatoms.